The van der Waals surface area contributed by atoms with Gasteiger partial charge in [-0.25, -0.2) is 0 Å². The van der Waals surface area contributed by atoms with Crippen LogP contribution in [-0.4, -0.2) is 24.4 Å². The zero-order valence-corrected chi connectivity index (χ0v) is 16.3. The molecule has 0 atom stereocenters. The van der Waals surface area contributed by atoms with Crippen LogP contribution in [0.5, 0.6) is 0 Å². The minimum absolute atomic E-state index is 0.0665. The molecule has 1 aliphatic rings. The topological polar surface area (TPSA) is 74.8 Å². The molecule has 0 radical (unpaired) electrons. The van der Waals surface area contributed by atoms with Gasteiger partial charge in [-0.1, -0.05) is 12.1 Å². The maximum atomic E-state index is 13.0. The zero-order chi connectivity index (χ0) is 18.7. The standard InChI is InChI=1S/C20H25N3O2S/c1-12(2)21-11-17(24)23-20-18(15-8-5-9-16(15)26-20)19(25)22-14-7-4-6-13(3)10-14/h4,6-7,10,12,21H,5,8-9,11H2,1-3H3,(H,22,25)(H,23,24)/p+1. The Balaban J connectivity index is 1.81. The quantitative estimate of drug-likeness (QED) is 0.729. The van der Waals surface area contributed by atoms with Gasteiger partial charge in [-0.15, -0.1) is 11.3 Å². The van der Waals surface area contributed by atoms with Gasteiger partial charge < -0.3 is 16.0 Å². The van der Waals surface area contributed by atoms with Crippen LogP contribution in [-0.2, 0) is 17.6 Å². The number of amides is 2. The predicted octanol–water partition coefficient (Wildman–Crippen LogP) is 2.71. The SMILES string of the molecule is Cc1cccc(NC(=O)c2c(NC(=O)C[NH2+]C(C)C)sc3c2CCC3)c1. The average molecular weight is 373 g/mol. The van der Waals surface area contributed by atoms with E-state index >= 15 is 0 Å². The number of aryl methyl sites for hydroxylation is 2. The van der Waals surface area contributed by atoms with Crippen LogP contribution in [0.15, 0.2) is 24.3 Å². The molecule has 0 fully saturated rings. The molecule has 1 aromatic carbocycles. The molecule has 3 rings (SSSR count). The van der Waals surface area contributed by atoms with Crippen molar-refractivity contribution >= 4 is 33.8 Å². The number of quaternary nitrogens is 1. The molecule has 0 spiro atoms. The van der Waals surface area contributed by atoms with Gasteiger partial charge in [0.05, 0.1) is 11.6 Å². The average Bonchev–Trinajstić information content (AvgIpc) is 3.13. The number of carbonyl (C=O) groups is 2. The normalized spacial score (nSPS) is 12.9. The first-order chi connectivity index (χ1) is 12.4. The lowest BCUT2D eigenvalue weighted by molar-refractivity contribution is -0.672. The first kappa shape index (κ1) is 18.6. The van der Waals surface area contributed by atoms with E-state index in [1.165, 1.54) is 4.88 Å². The Bertz CT molecular complexity index is 826. The van der Waals surface area contributed by atoms with Gasteiger partial charge in [-0.2, -0.15) is 0 Å². The summed E-state index contributed by atoms with van der Waals surface area (Å²) in [7, 11) is 0. The fourth-order valence-corrected chi connectivity index (χ4v) is 4.47. The third-order valence-corrected chi connectivity index (χ3v) is 5.66. The summed E-state index contributed by atoms with van der Waals surface area (Å²) in [6.45, 7) is 6.45. The molecular weight excluding hydrogens is 346 g/mol. The van der Waals surface area contributed by atoms with Crippen molar-refractivity contribution in [3.05, 3.63) is 45.8 Å². The summed E-state index contributed by atoms with van der Waals surface area (Å²) in [4.78, 5) is 26.4. The smallest absolute Gasteiger partial charge is 0.280 e. The number of nitrogens with one attached hydrogen (secondary N) is 2. The number of anilines is 2. The summed E-state index contributed by atoms with van der Waals surface area (Å²) in [5, 5.41) is 8.61. The van der Waals surface area contributed by atoms with Crippen molar-refractivity contribution in [3.63, 3.8) is 0 Å². The van der Waals surface area contributed by atoms with Crippen molar-refractivity contribution in [1.29, 1.82) is 0 Å². The summed E-state index contributed by atoms with van der Waals surface area (Å²) in [5.41, 5.74) is 3.61. The second kappa shape index (κ2) is 8.01. The summed E-state index contributed by atoms with van der Waals surface area (Å²) in [6.07, 6.45) is 2.95. The molecule has 0 aliphatic heterocycles. The highest BCUT2D eigenvalue weighted by Gasteiger charge is 2.27. The highest BCUT2D eigenvalue weighted by atomic mass is 32.1. The van der Waals surface area contributed by atoms with Crippen LogP contribution in [0.4, 0.5) is 10.7 Å². The highest BCUT2D eigenvalue weighted by Crippen LogP contribution is 2.39. The molecular formula is C20H26N3O2S+. The summed E-state index contributed by atoms with van der Waals surface area (Å²) < 4.78 is 0. The van der Waals surface area contributed by atoms with Crippen molar-refractivity contribution in [2.45, 2.75) is 46.1 Å². The molecule has 0 saturated heterocycles. The maximum Gasteiger partial charge on any atom is 0.280 e. The van der Waals surface area contributed by atoms with Crippen molar-refractivity contribution in [2.24, 2.45) is 0 Å². The van der Waals surface area contributed by atoms with Gasteiger partial charge in [-0.3, -0.25) is 9.59 Å². The number of carbonyl (C=O) groups excluding carboxylic acids is 2. The van der Waals surface area contributed by atoms with Crippen LogP contribution < -0.4 is 16.0 Å². The molecule has 0 bridgehead atoms. The summed E-state index contributed by atoms with van der Waals surface area (Å²) >= 11 is 1.55. The van der Waals surface area contributed by atoms with Gasteiger partial charge in [0, 0.05) is 10.6 Å². The Labute approximate surface area is 158 Å². The van der Waals surface area contributed by atoms with Gasteiger partial charge in [0.15, 0.2) is 6.54 Å². The largest absolute Gasteiger partial charge is 0.336 e. The lowest BCUT2D eigenvalue weighted by atomic mass is 10.1. The van der Waals surface area contributed by atoms with Gasteiger partial charge >= 0.3 is 0 Å². The number of thiophene rings is 1. The number of nitrogens with two attached hydrogens (primary N) is 1. The van der Waals surface area contributed by atoms with Crippen LogP contribution >= 0.6 is 11.3 Å². The van der Waals surface area contributed by atoms with E-state index in [1.54, 1.807) is 11.3 Å². The van der Waals surface area contributed by atoms with Crippen molar-refractivity contribution < 1.29 is 14.9 Å². The third-order valence-electron chi connectivity index (χ3n) is 4.45. The van der Waals surface area contributed by atoms with E-state index in [0.29, 0.717) is 23.2 Å². The summed E-state index contributed by atoms with van der Waals surface area (Å²) in [6, 6.07) is 8.11. The number of rotatable bonds is 6. The zero-order valence-electron chi connectivity index (χ0n) is 15.5. The number of hydrogen-bond donors (Lipinski definition) is 3. The van der Waals surface area contributed by atoms with Crippen LogP contribution in [0.3, 0.4) is 0 Å². The van der Waals surface area contributed by atoms with Gasteiger partial charge in [0.2, 0.25) is 0 Å². The van der Waals surface area contributed by atoms with E-state index in [1.807, 2.05) is 50.4 Å². The minimum Gasteiger partial charge on any atom is -0.336 e. The lowest BCUT2D eigenvalue weighted by Crippen LogP contribution is -2.90. The van der Waals surface area contributed by atoms with Crippen LogP contribution in [0.25, 0.3) is 0 Å². The minimum atomic E-state index is -0.141. The maximum absolute atomic E-state index is 13.0. The molecule has 5 nitrogen and oxygen atoms in total. The Morgan fingerprint density at radius 2 is 2.04 bits per heavy atom. The molecule has 1 aromatic heterocycles. The van der Waals surface area contributed by atoms with E-state index in [-0.39, 0.29) is 11.8 Å². The first-order valence-electron chi connectivity index (χ1n) is 9.09. The van der Waals surface area contributed by atoms with Gasteiger partial charge in [0.1, 0.15) is 5.00 Å². The molecule has 4 N–H and O–H groups in total. The van der Waals surface area contributed by atoms with Crippen molar-refractivity contribution in [2.75, 3.05) is 17.2 Å². The molecule has 1 aliphatic carbocycles. The van der Waals surface area contributed by atoms with Crippen LogP contribution in [0.1, 0.15) is 46.6 Å². The lowest BCUT2D eigenvalue weighted by Gasteiger charge is -2.10. The number of fused-ring (bicyclic) bond motifs is 1. The van der Waals surface area contributed by atoms with Crippen molar-refractivity contribution in [3.8, 4) is 0 Å². The van der Waals surface area contributed by atoms with E-state index in [4.69, 9.17) is 0 Å². The van der Waals surface area contributed by atoms with E-state index in [2.05, 4.69) is 10.6 Å². The van der Waals surface area contributed by atoms with E-state index < -0.39 is 0 Å². The number of hydrogen-bond acceptors (Lipinski definition) is 3. The van der Waals surface area contributed by atoms with E-state index in [0.717, 1.165) is 36.1 Å². The molecule has 1 heterocycles. The Morgan fingerprint density at radius 3 is 2.77 bits per heavy atom. The summed E-state index contributed by atoms with van der Waals surface area (Å²) in [5.74, 6) is -0.207. The molecule has 26 heavy (non-hydrogen) atoms. The monoisotopic (exact) mass is 372 g/mol. The second-order valence-electron chi connectivity index (χ2n) is 7.12. The molecule has 0 unspecified atom stereocenters. The van der Waals surface area contributed by atoms with Crippen LogP contribution in [0.2, 0.25) is 0 Å². The molecule has 2 amide bonds. The first-order valence-corrected chi connectivity index (χ1v) is 9.91. The number of benzene rings is 1. The van der Waals surface area contributed by atoms with Gasteiger partial charge in [0.25, 0.3) is 11.8 Å². The fraction of sp³-hybridized carbons (Fsp3) is 0.400. The Hall–Kier alpha value is -2.18. The van der Waals surface area contributed by atoms with Gasteiger partial charge in [-0.05, 0) is 63.3 Å². The molecule has 2 aromatic rings. The molecule has 0 saturated carbocycles. The Kier molecular flexibility index (Phi) is 5.74. The van der Waals surface area contributed by atoms with Crippen molar-refractivity contribution in [1.82, 2.24) is 0 Å². The molecule has 138 valence electrons. The molecule has 6 heteroatoms. The third kappa shape index (κ3) is 4.31. The fourth-order valence-electron chi connectivity index (χ4n) is 3.17. The Morgan fingerprint density at radius 1 is 1.23 bits per heavy atom. The van der Waals surface area contributed by atoms with E-state index in [9.17, 15) is 9.59 Å². The predicted molar refractivity (Wildman–Crippen MR) is 106 cm³/mol. The second-order valence-corrected chi connectivity index (χ2v) is 8.22. The van der Waals surface area contributed by atoms with Crippen LogP contribution in [0, 0.1) is 6.92 Å². The highest BCUT2D eigenvalue weighted by molar-refractivity contribution is 7.17.